The van der Waals surface area contributed by atoms with Crippen LogP contribution in [0.25, 0.3) is 0 Å². The van der Waals surface area contributed by atoms with E-state index in [9.17, 15) is 0 Å². The number of methoxy groups -OCH3 is 1. The lowest BCUT2D eigenvalue weighted by Gasteiger charge is -2.38. The Kier molecular flexibility index (Phi) is 4.29. The molecule has 130 valence electrons. The van der Waals surface area contributed by atoms with Crippen molar-refractivity contribution in [3.8, 4) is 11.5 Å². The lowest BCUT2D eigenvalue weighted by atomic mass is 9.70. The van der Waals surface area contributed by atoms with Crippen molar-refractivity contribution in [2.75, 3.05) is 20.7 Å². The van der Waals surface area contributed by atoms with Gasteiger partial charge in [-0.05, 0) is 76.2 Å². The summed E-state index contributed by atoms with van der Waals surface area (Å²) in [4.78, 5) is 2.53. The van der Waals surface area contributed by atoms with Crippen LogP contribution in [-0.2, 0) is 5.41 Å². The number of hydrogen-bond donors (Lipinski definition) is 0. The van der Waals surface area contributed by atoms with Gasteiger partial charge in [0.15, 0.2) is 11.5 Å². The number of likely N-dealkylation sites (N-methyl/N-ethyl adjacent to an activating group) is 1. The predicted octanol–water partition coefficient (Wildman–Crippen LogP) is 4.31. The van der Waals surface area contributed by atoms with E-state index < -0.39 is 0 Å². The summed E-state index contributed by atoms with van der Waals surface area (Å²) in [6.45, 7) is 1.17. The van der Waals surface area contributed by atoms with Gasteiger partial charge in [0.1, 0.15) is 0 Å². The van der Waals surface area contributed by atoms with Crippen LogP contribution in [0.5, 0.6) is 11.5 Å². The van der Waals surface area contributed by atoms with Crippen molar-refractivity contribution in [1.29, 1.82) is 0 Å². The number of nitrogens with zero attached hydrogens (tertiary/aromatic N) is 1. The van der Waals surface area contributed by atoms with Crippen LogP contribution in [0.4, 0.5) is 0 Å². The van der Waals surface area contributed by atoms with E-state index in [2.05, 4.69) is 42.3 Å². The molecule has 1 saturated heterocycles. The number of likely N-dealkylation sites (tertiary alicyclic amines) is 1. The number of hydrogen-bond acceptors (Lipinski definition) is 3. The van der Waals surface area contributed by atoms with Crippen molar-refractivity contribution < 1.29 is 9.47 Å². The van der Waals surface area contributed by atoms with Crippen molar-refractivity contribution in [3.63, 3.8) is 0 Å². The zero-order valence-electron chi connectivity index (χ0n) is 15.0. The molecule has 1 heterocycles. The fraction of sp³-hybridized carbons (Fsp3) is 0.619. The van der Waals surface area contributed by atoms with Gasteiger partial charge in [-0.3, -0.25) is 0 Å². The van der Waals surface area contributed by atoms with Gasteiger partial charge in [0.2, 0.25) is 0 Å². The van der Waals surface area contributed by atoms with E-state index in [-0.39, 0.29) is 5.41 Å². The second kappa shape index (κ2) is 6.44. The fourth-order valence-corrected chi connectivity index (χ4v) is 4.97. The molecule has 0 aromatic heterocycles. The third-order valence-electron chi connectivity index (χ3n) is 6.32. The molecule has 0 amide bonds. The zero-order chi connectivity index (χ0) is 16.6. The molecule has 0 radical (unpaired) electrons. The van der Waals surface area contributed by atoms with Gasteiger partial charge in [0, 0.05) is 11.5 Å². The maximum absolute atomic E-state index is 6.34. The average Bonchev–Trinajstić information content (AvgIpc) is 3.24. The first-order valence-electron chi connectivity index (χ1n) is 9.46. The Bertz CT molecular complexity index is 620. The molecule has 1 aromatic rings. The van der Waals surface area contributed by atoms with Gasteiger partial charge in [-0.15, -0.1) is 0 Å². The van der Waals surface area contributed by atoms with Gasteiger partial charge in [-0.25, -0.2) is 0 Å². The smallest absolute Gasteiger partial charge is 0.161 e. The first kappa shape index (κ1) is 16.0. The third-order valence-corrected chi connectivity index (χ3v) is 6.32. The molecule has 1 unspecified atom stereocenters. The summed E-state index contributed by atoms with van der Waals surface area (Å²) in [5.74, 6) is 1.80. The molecule has 1 aromatic carbocycles. The maximum Gasteiger partial charge on any atom is 0.161 e. The van der Waals surface area contributed by atoms with Crippen LogP contribution in [0.1, 0.15) is 50.5 Å². The van der Waals surface area contributed by atoms with Crippen LogP contribution in [0, 0.1) is 0 Å². The van der Waals surface area contributed by atoms with E-state index in [1.54, 1.807) is 7.11 Å². The van der Waals surface area contributed by atoms with Crippen LogP contribution in [0.2, 0.25) is 0 Å². The maximum atomic E-state index is 6.34. The summed E-state index contributed by atoms with van der Waals surface area (Å²) in [6.07, 6.45) is 13.7. The highest BCUT2D eigenvalue weighted by Crippen LogP contribution is 2.47. The van der Waals surface area contributed by atoms with Gasteiger partial charge < -0.3 is 14.4 Å². The molecule has 3 aliphatic rings. The highest BCUT2D eigenvalue weighted by Gasteiger charge is 2.46. The lowest BCUT2D eigenvalue weighted by Crippen LogP contribution is -2.41. The van der Waals surface area contributed by atoms with Gasteiger partial charge in [0.25, 0.3) is 0 Å². The highest BCUT2D eigenvalue weighted by molar-refractivity contribution is 5.48. The summed E-state index contributed by atoms with van der Waals surface area (Å²) in [5.41, 5.74) is 1.54. The van der Waals surface area contributed by atoms with E-state index in [1.807, 2.05) is 0 Å². The summed E-state index contributed by atoms with van der Waals surface area (Å²) in [7, 11) is 4.01. The Labute approximate surface area is 145 Å². The second-order valence-electron chi connectivity index (χ2n) is 7.66. The second-order valence-corrected chi connectivity index (χ2v) is 7.66. The molecule has 2 aliphatic carbocycles. The predicted molar refractivity (Wildman–Crippen MR) is 97.0 cm³/mol. The minimum Gasteiger partial charge on any atom is -0.493 e. The molecule has 0 bridgehead atoms. The minimum absolute atomic E-state index is 0.146. The zero-order valence-corrected chi connectivity index (χ0v) is 15.0. The largest absolute Gasteiger partial charge is 0.493 e. The van der Waals surface area contributed by atoms with E-state index in [0.717, 1.165) is 11.5 Å². The van der Waals surface area contributed by atoms with E-state index >= 15 is 0 Å². The normalized spacial score (nSPS) is 30.5. The lowest BCUT2D eigenvalue weighted by molar-refractivity contribution is 0.199. The Morgan fingerprint density at radius 1 is 1.12 bits per heavy atom. The van der Waals surface area contributed by atoms with Crippen molar-refractivity contribution in [3.05, 3.63) is 35.9 Å². The van der Waals surface area contributed by atoms with E-state index in [1.165, 1.54) is 57.1 Å². The molecule has 3 heteroatoms. The third kappa shape index (κ3) is 2.63. The van der Waals surface area contributed by atoms with Gasteiger partial charge in [-0.1, -0.05) is 18.2 Å². The van der Waals surface area contributed by atoms with Crippen LogP contribution in [0.3, 0.4) is 0 Å². The Hall–Kier alpha value is -1.48. The Morgan fingerprint density at radius 3 is 2.75 bits per heavy atom. The quantitative estimate of drug-likeness (QED) is 0.769. The number of ether oxygens (including phenoxy) is 2. The number of allylic oxidation sites excluding steroid dienone is 1. The van der Waals surface area contributed by atoms with Crippen LogP contribution in [0.15, 0.2) is 30.4 Å². The number of fused-ring (bicyclic) bond motifs is 1. The molecule has 4 rings (SSSR count). The van der Waals surface area contributed by atoms with Gasteiger partial charge in [-0.2, -0.15) is 0 Å². The molecule has 0 N–H and O–H groups in total. The average molecular weight is 327 g/mol. The minimum atomic E-state index is 0.146. The topological polar surface area (TPSA) is 21.7 Å². The molecule has 0 spiro atoms. The van der Waals surface area contributed by atoms with Crippen molar-refractivity contribution in [2.24, 2.45) is 0 Å². The van der Waals surface area contributed by atoms with Crippen LogP contribution >= 0.6 is 0 Å². The van der Waals surface area contributed by atoms with Gasteiger partial charge >= 0.3 is 0 Å². The SMILES string of the molecule is COc1ccc([C@@]23C=CCCC2N(C)CC3)cc1OC1CCCC1. The molecular weight excluding hydrogens is 298 g/mol. The number of benzene rings is 1. The monoisotopic (exact) mass is 327 g/mol. The molecule has 1 aliphatic heterocycles. The van der Waals surface area contributed by atoms with Crippen LogP contribution in [-0.4, -0.2) is 37.7 Å². The molecule has 1 saturated carbocycles. The molecule has 2 fully saturated rings. The molecule has 24 heavy (non-hydrogen) atoms. The first-order valence-corrected chi connectivity index (χ1v) is 9.46. The summed E-state index contributed by atoms with van der Waals surface area (Å²) in [6, 6.07) is 7.23. The molecule has 2 atom stereocenters. The summed E-state index contributed by atoms with van der Waals surface area (Å²) >= 11 is 0. The standard InChI is InChI=1S/C21H29NO2/c1-22-14-13-21(12-6-5-9-20(21)22)16-10-11-18(23-2)19(15-16)24-17-7-3-4-8-17/h6,10-12,15,17,20H,3-5,7-9,13-14H2,1-2H3/t20?,21-/m0/s1. The van der Waals surface area contributed by atoms with Crippen molar-refractivity contribution in [2.45, 2.75) is 62.5 Å². The highest BCUT2D eigenvalue weighted by atomic mass is 16.5. The molecule has 3 nitrogen and oxygen atoms in total. The van der Waals surface area contributed by atoms with Gasteiger partial charge in [0.05, 0.1) is 13.2 Å². The Morgan fingerprint density at radius 2 is 1.96 bits per heavy atom. The van der Waals surface area contributed by atoms with Crippen molar-refractivity contribution >= 4 is 0 Å². The van der Waals surface area contributed by atoms with Crippen molar-refractivity contribution in [1.82, 2.24) is 4.90 Å². The van der Waals surface area contributed by atoms with Crippen LogP contribution < -0.4 is 9.47 Å². The number of rotatable bonds is 4. The fourth-order valence-electron chi connectivity index (χ4n) is 4.97. The molecular formula is C21H29NO2. The van der Waals surface area contributed by atoms with E-state index in [4.69, 9.17) is 9.47 Å². The first-order chi connectivity index (χ1) is 11.7. The van der Waals surface area contributed by atoms with E-state index in [0.29, 0.717) is 12.1 Å². The Balaban J connectivity index is 1.70. The summed E-state index contributed by atoms with van der Waals surface area (Å²) in [5, 5.41) is 0. The summed E-state index contributed by atoms with van der Waals surface area (Å²) < 4.78 is 11.9.